The van der Waals surface area contributed by atoms with E-state index in [1.54, 1.807) is 18.2 Å². The predicted octanol–water partition coefficient (Wildman–Crippen LogP) is 4.23. The Bertz CT molecular complexity index is 1230. The van der Waals surface area contributed by atoms with Crippen LogP contribution in [0.3, 0.4) is 0 Å². The van der Waals surface area contributed by atoms with Crippen molar-refractivity contribution >= 4 is 33.8 Å². The van der Waals surface area contributed by atoms with Gasteiger partial charge in [0.15, 0.2) is 11.4 Å². The van der Waals surface area contributed by atoms with Crippen molar-refractivity contribution in [1.82, 2.24) is 14.3 Å². The van der Waals surface area contributed by atoms with Gasteiger partial charge >= 0.3 is 0 Å². The Morgan fingerprint density at radius 3 is 2.47 bits per heavy atom. The maximum atomic E-state index is 12.6. The van der Waals surface area contributed by atoms with Crippen LogP contribution in [0.4, 0.5) is 0 Å². The Labute approximate surface area is 192 Å². The molecule has 32 heavy (non-hydrogen) atoms. The maximum Gasteiger partial charge on any atom is 0.264 e. The number of hydrogen-bond acceptors (Lipinski definition) is 5. The first-order valence-electron chi connectivity index (χ1n) is 10.2. The van der Waals surface area contributed by atoms with Gasteiger partial charge in [-0.15, -0.1) is 0 Å². The van der Waals surface area contributed by atoms with Crippen LogP contribution in [-0.4, -0.2) is 30.2 Å². The van der Waals surface area contributed by atoms with E-state index in [1.807, 2.05) is 33.6 Å². The van der Waals surface area contributed by atoms with Gasteiger partial charge in [-0.1, -0.05) is 67.4 Å². The second-order valence-electron chi connectivity index (χ2n) is 7.37. The minimum atomic E-state index is -3.98. The first kappa shape index (κ1) is 23.7. The van der Waals surface area contributed by atoms with Crippen LogP contribution >= 0.6 is 11.6 Å². The molecular weight excluding hydrogens is 450 g/mol. The van der Waals surface area contributed by atoms with E-state index in [9.17, 15) is 18.0 Å². The van der Waals surface area contributed by atoms with E-state index in [-0.39, 0.29) is 10.0 Å². The lowest BCUT2D eigenvalue weighted by molar-refractivity contribution is -0.117. The zero-order chi connectivity index (χ0) is 23.3. The summed E-state index contributed by atoms with van der Waals surface area (Å²) in [6.45, 7) is 3.65. The van der Waals surface area contributed by atoms with E-state index in [1.165, 1.54) is 6.07 Å². The number of imidazole rings is 1. The lowest BCUT2D eigenvalue weighted by Crippen LogP contribution is -2.28. The highest BCUT2D eigenvalue weighted by molar-refractivity contribution is 7.90. The molecule has 0 saturated carbocycles. The van der Waals surface area contributed by atoms with Crippen molar-refractivity contribution in [2.75, 3.05) is 0 Å². The quantitative estimate of drug-likeness (QED) is 0.469. The number of nitrogens with zero attached hydrogens (tertiary/aromatic N) is 2. The van der Waals surface area contributed by atoms with Crippen LogP contribution in [0.15, 0.2) is 53.4 Å². The van der Waals surface area contributed by atoms with Gasteiger partial charge in [0.25, 0.3) is 10.0 Å². The number of aryl methyl sites for hydroxylation is 1. The van der Waals surface area contributed by atoms with Gasteiger partial charge in [-0.2, -0.15) is 0 Å². The summed E-state index contributed by atoms with van der Waals surface area (Å²) in [4.78, 5) is 27.2. The lowest BCUT2D eigenvalue weighted by atomic mass is 10.0. The number of carbonyl (C=O) groups excluding carboxylic acids is 2. The summed E-state index contributed by atoms with van der Waals surface area (Å²) >= 11 is 6.15. The summed E-state index contributed by atoms with van der Waals surface area (Å²) in [6.07, 6.45) is 3.36. The van der Waals surface area contributed by atoms with Crippen LogP contribution in [0, 0.1) is 0 Å². The van der Waals surface area contributed by atoms with Crippen molar-refractivity contribution in [3.8, 4) is 11.1 Å². The number of halogens is 1. The van der Waals surface area contributed by atoms with Crippen LogP contribution in [0.5, 0.6) is 0 Å². The Morgan fingerprint density at radius 2 is 1.84 bits per heavy atom. The van der Waals surface area contributed by atoms with Crippen LogP contribution in [0.25, 0.3) is 11.1 Å². The van der Waals surface area contributed by atoms with E-state index in [2.05, 4.69) is 11.9 Å². The normalized spacial score (nSPS) is 11.3. The lowest BCUT2D eigenvalue weighted by Gasteiger charge is -2.13. The van der Waals surface area contributed by atoms with E-state index in [4.69, 9.17) is 11.6 Å². The van der Waals surface area contributed by atoms with E-state index in [0.29, 0.717) is 29.7 Å². The fraction of sp³-hybridized carbons (Fsp3) is 0.261. The number of unbranched alkanes of at least 4 members (excludes halogenated alkanes) is 1. The molecule has 7 nitrogen and oxygen atoms in total. The van der Waals surface area contributed by atoms with Gasteiger partial charge < -0.3 is 4.57 Å². The summed E-state index contributed by atoms with van der Waals surface area (Å²) in [6, 6.07) is 13.8. The molecule has 0 radical (unpaired) electrons. The maximum absolute atomic E-state index is 12.6. The second-order valence-corrected chi connectivity index (χ2v) is 9.38. The van der Waals surface area contributed by atoms with Crippen molar-refractivity contribution in [2.45, 2.75) is 44.6 Å². The highest BCUT2D eigenvalue weighted by Crippen LogP contribution is 2.28. The fourth-order valence-electron chi connectivity index (χ4n) is 3.45. The third-order valence-corrected chi connectivity index (χ3v) is 6.74. The highest BCUT2D eigenvalue weighted by atomic mass is 35.5. The summed E-state index contributed by atoms with van der Waals surface area (Å²) in [5.74, 6) is 0.105. The van der Waals surface area contributed by atoms with Crippen molar-refractivity contribution in [1.29, 1.82) is 0 Å². The number of benzene rings is 2. The zero-order valence-corrected chi connectivity index (χ0v) is 19.4. The predicted molar refractivity (Wildman–Crippen MR) is 123 cm³/mol. The fourth-order valence-corrected chi connectivity index (χ4v) is 4.92. The molecule has 1 amide bonds. The number of nitrogens with one attached hydrogen (secondary N) is 1. The standard InChI is InChI=1S/C23H24ClN3O4S/c1-3-4-9-22-25-23(24)20(15-28)27(22)14-17-10-12-18(13-11-17)19-7-5-6-8-21(19)32(30,31)26-16(2)29/h5-8,10-13,15H,3-4,9,14H2,1-2H3,(H,26,29). The molecule has 0 spiro atoms. The molecular formula is C23H24ClN3O4S. The largest absolute Gasteiger partial charge is 0.320 e. The Morgan fingerprint density at radius 1 is 1.16 bits per heavy atom. The number of carbonyl (C=O) groups is 2. The van der Waals surface area contributed by atoms with Gasteiger partial charge in [0.2, 0.25) is 5.91 Å². The van der Waals surface area contributed by atoms with Gasteiger partial charge in [-0.25, -0.2) is 18.1 Å². The molecule has 0 saturated heterocycles. The molecule has 3 aromatic rings. The van der Waals surface area contributed by atoms with E-state index < -0.39 is 15.9 Å². The van der Waals surface area contributed by atoms with Crippen molar-refractivity contribution in [3.63, 3.8) is 0 Å². The molecule has 0 fully saturated rings. The number of sulfonamides is 1. The molecule has 0 aliphatic rings. The molecule has 3 rings (SSSR count). The Kier molecular flexibility index (Phi) is 7.48. The van der Waals surface area contributed by atoms with Crippen molar-refractivity contribution in [2.24, 2.45) is 0 Å². The molecule has 0 atom stereocenters. The molecule has 0 aliphatic carbocycles. The van der Waals surface area contributed by atoms with Crippen LogP contribution < -0.4 is 4.72 Å². The van der Waals surface area contributed by atoms with Gasteiger partial charge in [0, 0.05) is 25.5 Å². The van der Waals surface area contributed by atoms with Gasteiger partial charge in [-0.05, 0) is 23.6 Å². The third-order valence-electron chi connectivity index (χ3n) is 4.97. The number of rotatable bonds is 9. The Hall–Kier alpha value is -2.97. The molecule has 0 bridgehead atoms. The molecule has 0 aliphatic heterocycles. The summed E-state index contributed by atoms with van der Waals surface area (Å²) in [7, 11) is -3.98. The minimum absolute atomic E-state index is 0.0226. The third kappa shape index (κ3) is 5.26. The topological polar surface area (TPSA) is 98.1 Å². The van der Waals surface area contributed by atoms with Crippen LogP contribution in [-0.2, 0) is 27.8 Å². The van der Waals surface area contributed by atoms with Crippen LogP contribution in [0.2, 0.25) is 5.15 Å². The number of aromatic nitrogens is 2. The molecule has 9 heteroatoms. The number of amides is 1. The number of hydrogen-bond donors (Lipinski definition) is 1. The van der Waals surface area contributed by atoms with Gasteiger partial charge in [0.1, 0.15) is 11.5 Å². The summed E-state index contributed by atoms with van der Waals surface area (Å²) < 4.78 is 28.9. The molecule has 1 aromatic heterocycles. The average molecular weight is 474 g/mol. The molecule has 2 aromatic carbocycles. The average Bonchev–Trinajstić information content (AvgIpc) is 3.05. The summed E-state index contributed by atoms with van der Waals surface area (Å²) in [5, 5.41) is 0.194. The molecule has 1 heterocycles. The second kappa shape index (κ2) is 10.1. The minimum Gasteiger partial charge on any atom is -0.320 e. The molecule has 168 valence electrons. The zero-order valence-electron chi connectivity index (χ0n) is 17.8. The molecule has 1 N–H and O–H groups in total. The van der Waals surface area contributed by atoms with Crippen molar-refractivity contribution < 1.29 is 18.0 Å². The first-order valence-corrected chi connectivity index (χ1v) is 12.0. The highest BCUT2D eigenvalue weighted by Gasteiger charge is 2.20. The SMILES string of the molecule is CCCCc1nc(Cl)c(C=O)n1Cc1ccc(-c2ccccc2S(=O)(=O)NC(C)=O)cc1. The number of aldehydes is 1. The van der Waals surface area contributed by atoms with E-state index in [0.717, 1.165) is 37.6 Å². The smallest absolute Gasteiger partial charge is 0.264 e. The summed E-state index contributed by atoms with van der Waals surface area (Å²) in [5.41, 5.74) is 2.42. The van der Waals surface area contributed by atoms with Gasteiger partial charge in [-0.3, -0.25) is 9.59 Å². The van der Waals surface area contributed by atoms with Crippen molar-refractivity contribution in [3.05, 3.63) is 70.8 Å². The Balaban J connectivity index is 1.93. The van der Waals surface area contributed by atoms with Gasteiger partial charge in [0.05, 0.1) is 4.90 Å². The first-order chi connectivity index (χ1) is 15.3. The molecule has 0 unspecified atom stereocenters. The monoisotopic (exact) mass is 473 g/mol. The van der Waals surface area contributed by atoms with E-state index >= 15 is 0 Å². The van der Waals surface area contributed by atoms with Crippen LogP contribution in [0.1, 0.15) is 48.6 Å².